The average molecular weight is 622 g/mol. The average Bonchev–Trinajstić information content (AvgIpc) is 3.73. The van der Waals surface area contributed by atoms with E-state index in [0.717, 1.165) is 73.0 Å². The molecule has 4 aliphatic rings. The summed E-state index contributed by atoms with van der Waals surface area (Å²) in [5, 5.41) is 13.2. The summed E-state index contributed by atoms with van der Waals surface area (Å²) < 4.78 is 0. The van der Waals surface area contributed by atoms with Crippen molar-refractivity contribution in [2.24, 2.45) is 45.9 Å². The third-order valence-electron chi connectivity index (χ3n) is 11.3. The summed E-state index contributed by atoms with van der Waals surface area (Å²) in [5.74, 6) is 1.23. The lowest BCUT2D eigenvalue weighted by Crippen LogP contribution is -2.54. The lowest BCUT2D eigenvalue weighted by Gasteiger charge is -2.48. The Hall–Kier alpha value is -4.16. The molecule has 0 aromatic heterocycles. The van der Waals surface area contributed by atoms with Gasteiger partial charge in [0.15, 0.2) is 0 Å². The molecule has 8 atom stereocenters. The van der Waals surface area contributed by atoms with E-state index in [0.29, 0.717) is 29.7 Å². The number of nitrogens with one attached hydrogen (secondary N) is 1. The highest BCUT2D eigenvalue weighted by Crippen LogP contribution is 2.54. The normalized spacial score (nSPS) is 30.6. The second-order valence-electron chi connectivity index (χ2n) is 14.3. The Morgan fingerprint density at radius 2 is 1.85 bits per heavy atom. The number of fused-ring (bicyclic) bond motifs is 3. The predicted octanol–water partition coefficient (Wildman–Crippen LogP) is 4.35. The third kappa shape index (κ3) is 5.91. The molecule has 3 aliphatic carbocycles. The molecule has 0 bridgehead atoms. The number of carbonyl (C=O) groups excluding carboxylic acids is 2. The Balaban J connectivity index is 1.40. The molecule has 0 radical (unpaired) electrons. The van der Waals surface area contributed by atoms with Gasteiger partial charge in [-0.3, -0.25) is 9.59 Å². The standard InChI is InChI=1S/C37H47N7O2/c1-21-4-10-29(11-5-21)43-36(41)37(18-22(2)42-20-34(45)44-30(19-38)16-28-17-33(28)44)31-12-8-24(23(3)39)14-25(31)6-7-26-15-27(35(40)46)9-13-32(26)37/h4-5,9-11,13,15,22,24-25,28,30-31,33,42H,3,6-8,12,14,16-18,20,39H2,1-2H3,(H2,40,46)(H2,41,43)/t22-,24?,25?,28-,30?,31?,33+,37?/m1/s1. The maximum atomic E-state index is 13.4. The van der Waals surface area contributed by atoms with E-state index in [-0.39, 0.29) is 42.4 Å². The largest absolute Gasteiger partial charge is 0.402 e. The molecule has 2 aromatic rings. The van der Waals surface area contributed by atoms with E-state index in [4.69, 9.17) is 22.2 Å². The van der Waals surface area contributed by atoms with Gasteiger partial charge < -0.3 is 27.4 Å². The van der Waals surface area contributed by atoms with Gasteiger partial charge in [-0.2, -0.15) is 5.26 Å². The molecule has 0 spiro atoms. The zero-order valence-electron chi connectivity index (χ0n) is 27.0. The highest BCUT2D eigenvalue weighted by Gasteiger charge is 2.55. The van der Waals surface area contributed by atoms with Crippen LogP contribution in [0.15, 0.2) is 59.7 Å². The summed E-state index contributed by atoms with van der Waals surface area (Å²) in [7, 11) is 0. The van der Waals surface area contributed by atoms with E-state index >= 15 is 0 Å². The van der Waals surface area contributed by atoms with Crippen molar-refractivity contribution in [3.05, 3.63) is 77.0 Å². The lowest BCUT2D eigenvalue weighted by molar-refractivity contribution is -0.131. The molecule has 9 heteroatoms. The first-order valence-electron chi connectivity index (χ1n) is 16.7. The zero-order chi connectivity index (χ0) is 32.7. The van der Waals surface area contributed by atoms with E-state index in [1.54, 1.807) is 4.90 Å². The van der Waals surface area contributed by atoms with Crippen LogP contribution in [0.1, 0.15) is 78.9 Å². The SMILES string of the molecule is C=C(N)C1CCC2C(CCc3cc(C(N)=O)ccc3C2(C[C@@H](C)NCC(=O)N2C(C#N)C[C@@H]3C[C@@H]32)C(N)=Nc2ccc(C)cc2)C1. The van der Waals surface area contributed by atoms with Gasteiger partial charge in [-0.15, -0.1) is 0 Å². The quantitative estimate of drug-likeness (QED) is 0.240. The maximum absolute atomic E-state index is 13.4. The molecule has 6 rings (SSSR count). The van der Waals surface area contributed by atoms with E-state index in [1.807, 2.05) is 49.4 Å². The van der Waals surface area contributed by atoms with Crippen LogP contribution in [-0.4, -0.2) is 47.2 Å². The van der Waals surface area contributed by atoms with Gasteiger partial charge in [0, 0.05) is 23.3 Å². The summed E-state index contributed by atoms with van der Waals surface area (Å²) in [5.41, 5.74) is 23.9. The van der Waals surface area contributed by atoms with E-state index in [1.165, 1.54) is 0 Å². The van der Waals surface area contributed by atoms with Crippen LogP contribution >= 0.6 is 0 Å². The molecule has 242 valence electrons. The maximum Gasteiger partial charge on any atom is 0.248 e. The molecule has 2 aromatic carbocycles. The molecule has 46 heavy (non-hydrogen) atoms. The number of nitriles is 1. The number of likely N-dealkylation sites (tertiary alicyclic amines) is 1. The number of aliphatic imine (C=N–C) groups is 1. The molecule has 1 saturated heterocycles. The first kappa shape index (κ1) is 31.8. The highest BCUT2D eigenvalue weighted by atomic mass is 16.2. The zero-order valence-corrected chi connectivity index (χ0v) is 27.0. The number of piperidine rings is 1. The Morgan fingerprint density at radius 3 is 2.54 bits per heavy atom. The topological polar surface area (TPSA) is 164 Å². The summed E-state index contributed by atoms with van der Waals surface area (Å²) in [6.07, 6.45) is 6.83. The first-order valence-corrected chi connectivity index (χ1v) is 16.7. The fourth-order valence-corrected chi connectivity index (χ4v) is 8.89. The number of hydrogen-bond acceptors (Lipinski definition) is 6. The van der Waals surface area contributed by atoms with Crippen LogP contribution < -0.4 is 22.5 Å². The number of amides is 2. The van der Waals surface area contributed by atoms with Gasteiger partial charge in [-0.1, -0.05) is 30.3 Å². The van der Waals surface area contributed by atoms with E-state index < -0.39 is 11.3 Å². The van der Waals surface area contributed by atoms with Gasteiger partial charge in [-0.05, 0) is 124 Å². The minimum Gasteiger partial charge on any atom is -0.402 e. The molecule has 2 saturated carbocycles. The second kappa shape index (κ2) is 12.6. The van der Waals surface area contributed by atoms with Gasteiger partial charge >= 0.3 is 0 Å². The number of hydrogen-bond donors (Lipinski definition) is 4. The molecule has 5 unspecified atom stereocenters. The van der Waals surface area contributed by atoms with Crippen molar-refractivity contribution in [1.82, 2.24) is 10.2 Å². The molecule has 9 nitrogen and oxygen atoms in total. The van der Waals surface area contributed by atoms with Crippen molar-refractivity contribution in [1.29, 1.82) is 5.26 Å². The summed E-state index contributed by atoms with van der Waals surface area (Å²) in [4.78, 5) is 32.6. The molecule has 7 N–H and O–H groups in total. The summed E-state index contributed by atoms with van der Waals surface area (Å²) in [6.45, 7) is 8.40. The van der Waals surface area contributed by atoms with Crippen LogP contribution in [0.4, 0.5) is 5.69 Å². The minimum atomic E-state index is -0.682. The van der Waals surface area contributed by atoms with Crippen molar-refractivity contribution in [3.63, 3.8) is 0 Å². The van der Waals surface area contributed by atoms with Crippen molar-refractivity contribution < 1.29 is 9.59 Å². The van der Waals surface area contributed by atoms with E-state index in [9.17, 15) is 14.9 Å². The smallest absolute Gasteiger partial charge is 0.248 e. The molecule has 1 heterocycles. The van der Waals surface area contributed by atoms with Crippen LogP contribution in [0.5, 0.6) is 0 Å². The molecular weight excluding hydrogens is 574 g/mol. The van der Waals surface area contributed by atoms with Crippen LogP contribution in [0.2, 0.25) is 0 Å². The Morgan fingerprint density at radius 1 is 1.09 bits per heavy atom. The van der Waals surface area contributed by atoms with Gasteiger partial charge in [0.25, 0.3) is 0 Å². The van der Waals surface area contributed by atoms with Crippen LogP contribution in [0.25, 0.3) is 0 Å². The fourth-order valence-electron chi connectivity index (χ4n) is 8.89. The summed E-state index contributed by atoms with van der Waals surface area (Å²) >= 11 is 0. The van der Waals surface area contributed by atoms with E-state index in [2.05, 4.69) is 24.9 Å². The third-order valence-corrected chi connectivity index (χ3v) is 11.3. The number of carbonyl (C=O) groups is 2. The number of benzene rings is 2. The monoisotopic (exact) mass is 621 g/mol. The molecular formula is C37H47N7O2. The van der Waals surface area contributed by atoms with Crippen molar-refractivity contribution >= 4 is 23.3 Å². The number of nitrogens with zero attached hydrogens (tertiary/aromatic N) is 3. The fraction of sp³-hybridized carbons (Fsp3) is 0.514. The summed E-state index contributed by atoms with van der Waals surface area (Å²) in [6, 6.07) is 15.9. The lowest BCUT2D eigenvalue weighted by atomic mass is 9.56. The van der Waals surface area contributed by atoms with Gasteiger partial charge in [-0.25, -0.2) is 4.99 Å². The van der Waals surface area contributed by atoms with Crippen molar-refractivity contribution in [2.45, 2.75) is 88.8 Å². The first-order chi connectivity index (χ1) is 22.0. The molecule has 3 fully saturated rings. The highest BCUT2D eigenvalue weighted by molar-refractivity contribution is 5.96. The number of primary amides is 1. The minimum absolute atomic E-state index is 0.0223. The van der Waals surface area contributed by atoms with Crippen LogP contribution in [-0.2, 0) is 16.6 Å². The number of nitrogens with two attached hydrogens (primary N) is 3. The Labute approximate surface area is 272 Å². The van der Waals surface area contributed by atoms with Gasteiger partial charge in [0.05, 0.1) is 23.7 Å². The molecule has 1 aliphatic heterocycles. The van der Waals surface area contributed by atoms with Crippen LogP contribution in [0, 0.1) is 41.9 Å². The van der Waals surface area contributed by atoms with Crippen molar-refractivity contribution in [3.8, 4) is 6.07 Å². The van der Waals surface area contributed by atoms with Crippen LogP contribution in [0.3, 0.4) is 0 Å². The predicted molar refractivity (Wildman–Crippen MR) is 180 cm³/mol. The number of amidine groups is 1. The van der Waals surface area contributed by atoms with Crippen molar-refractivity contribution in [2.75, 3.05) is 6.54 Å². The van der Waals surface area contributed by atoms with Gasteiger partial charge in [0.1, 0.15) is 11.9 Å². The number of allylic oxidation sites excluding steroid dienone is 1. The second-order valence-corrected chi connectivity index (χ2v) is 14.3. The molecule has 2 amide bonds. The number of aryl methyl sites for hydroxylation is 2. The van der Waals surface area contributed by atoms with Gasteiger partial charge in [0.2, 0.25) is 11.8 Å². The Kier molecular flexibility index (Phi) is 8.68. The Bertz CT molecular complexity index is 1590. The number of rotatable bonds is 9.